The molecule has 0 spiro atoms. The van der Waals surface area contributed by atoms with Crippen LogP contribution in [0.5, 0.6) is 11.5 Å². The van der Waals surface area contributed by atoms with Crippen LogP contribution < -0.4 is 10.1 Å². The number of amides is 1. The average molecular weight is 482 g/mol. The van der Waals surface area contributed by atoms with Gasteiger partial charge in [-0.05, 0) is 61.7 Å². The number of likely N-dealkylation sites (tertiary alicyclic amines) is 1. The van der Waals surface area contributed by atoms with E-state index in [1.807, 2.05) is 30.3 Å². The molecule has 1 atom stereocenters. The van der Waals surface area contributed by atoms with Crippen LogP contribution in [-0.4, -0.2) is 50.7 Å². The number of ketones is 1. The monoisotopic (exact) mass is 481 g/mol. The van der Waals surface area contributed by atoms with E-state index in [2.05, 4.69) is 26.8 Å². The number of fused-ring (bicyclic) bond motifs is 1. The highest BCUT2D eigenvalue weighted by Crippen LogP contribution is 2.28. The van der Waals surface area contributed by atoms with E-state index < -0.39 is 0 Å². The molecule has 8 heteroatoms. The van der Waals surface area contributed by atoms with Crippen LogP contribution in [0.4, 0.5) is 5.82 Å². The summed E-state index contributed by atoms with van der Waals surface area (Å²) in [6.07, 6.45) is 7.31. The quantitative estimate of drug-likeness (QED) is 0.286. The molecular weight excluding hydrogens is 454 g/mol. The van der Waals surface area contributed by atoms with Crippen molar-refractivity contribution < 1.29 is 14.3 Å². The van der Waals surface area contributed by atoms with Crippen LogP contribution in [0.3, 0.4) is 0 Å². The Bertz CT molecular complexity index is 1380. The molecule has 36 heavy (non-hydrogen) atoms. The molecular formula is C28H27N5O3. The Hall–Kier alpha value is -4.46. The van der Waals surface area contributed by atoms with E-state index in [-0.39, 0.29) is 17.7 Å². The van der Waals surface area contributed by atoms with Crippen LogP contribution in [0.25, 0.3) is 11.0 Å². The molecule has 182 valence electrons. The van der Waals surface area contributed by atoms with Crippen molar-refractivity contribution in [3.05, 3.63) is 90.9 Å². The van der Waals surface area contributed by atoms with Crippen molar-refractivity contribution >= 4 is 28.5 Å². The van der Waals surface area contributed by atoms with Gasteiger partial charge in [-0.1, -0.05) is 24.8 Å². The topological polar surface area (TPSA) is 100 Å². The van der Waals surface area contributed by atoms with Gasteiger partial charge in [0.2, 0.25) is 5.91 Å². The molecule has 2 aromatic carbocycles. The first kappa shape index (κ1) is 23.3. The van der Waals surface area contributed by atoms with Crippen molar-refractivity contribution in [2.75, 3.05) is 18.4 Å². The first-order valence-electron chi connectivity index (χ1n) is 12.0. The third-order valence-electron chi connectivity index (χ3n) is 6.31. The van der Waals surface area contributed by atoms with Gasteiger partial charge >= 0.3 is 0 Å². The summed E-state index contributed by atoms with van der Waals surface area (Å²) in [5, 5.41) is 4.11. The minimum atomic E-state index is -0.144. The predicted octanol–water partition coefficient (Wildman–Crippen LogP) is 4.96. The number of ether oxygens (including phenoxy) is 1. The number of nitrogens with zero attached hydrogens (tertiary/aromatic N) is 3. The lowest BCUT2D eigenvalue weighted by Gasteiger charge is -2.24. The number of aromatic amines is 1. The number of anilines is 1. The standard InChI is InChI=1S/C28H27N5O3/c1-2-24(34)33-15-7-6-8-20(17-33)32-28-25-23(16-29-27(25)30-18-31-28)26(35)19-11-13-22(14-12-19)36-21-9-4-3-5-10-21/h2-5,9-14,16,18,20H,1,6-8,15,17H2,(H2,29,30,31,32). The summed E-state index contributed by atoms with van der Waals surface area (Å²) >= 11 is 0. The lowest BCUT2D eigenvalue weighted by atomic mass is 10.0. The highest BCUT2D eigenvalue weighted by molar-refractivity contribution is 6.18. The fourth-order valence-corrected chi connectivity index (χ4v) is 4.49. The molecule has 0 radical (unpaired) electrons. The summed E-state index contributed by atoms with van der Waals surface area (Å²) in [5.74, 6) is 1.73. The van der Waals surface area contributed by atoms with Gasteiger partial charge in [0.1, 0.15) is 29.3 Å². The third-order valence-corrected chi connectivity index (χ3v) is 6.31. The van der Waals surface area contributed by atoms with Gasteiger partial charge in [0, 0.05) is 30.9 Å². The zero-order valence-electron chi connectivity index (χ0n) is 19.8. The molecule has 1 fully saturated rings. The molecule has 8 nitrogen and oxygen atoms in total. The molecule has 1 saturated heterocycles. The minimum absolute atomic E-state index is 0.00164. The van der Waals surface area contributed by atoms with Gasteiger partial charge in [-0.3, -0.25) is 9.59 Å². The smallest absolute Gasteiger partial charge is 0.246 e. The first-order chi connectivity index (χ1) is 17.6. The maximum atomic E-state index is 13.5. The molecule has 3 heterocycles. The largest absolute Gasteiger partial charge is 0.457 e. The molecule has 1 aliphatic rings. The Morgan fingerprint density at radius 3 is 2.61 bits per heavy atom. The highest BCUT2D eigenvalue weighted by atomic mass is 16.5. The van der Waals surface area contributed by atoms with Gasteiger partial charge in [0.05, 0.1) is 10.9 Å². The number of aromatic nitrogens is 3. The van der Waals surface area contributed by atoms with Crippen LogP contribution >= 0.6 is 0 Å². The lowest BCUT2D eigenvalue weighted by molar-refractivity contribution is -0.126. The molecule has 1 amide bonds. The molecule has 5 rings (SSSR count). The maximum absolute atomic E-state index is 13.5. The van der Waals surface area contributed by atoms with Crippen LogP contribution in [0, 0.1) is 0 Å². The number of benzene rings is 2. The fraction of sp³-hybridized carbons (Fsp3) is 0.214. The Kier molecular flexibility index (Phi) is 6.75. The maximum Gasteiger partial charge on any atom is 0.246 e. The summed E-state index contributed by atoms with van der Waals surface area (Å²) in [5.41, 5.74) is 1.59. The van der Waals surface area contributed by atoms with Crippen molar-refractivity contribution in [1.29, 1.82) is 0 Å². The van der Waals surface area contributed by atoms with Crippen LogP contribution in [0.2, 0.25) is 0 Å². The van der Waals surface area contributed by atoms with Crippen LogP contribution in [-0.2, 0) is 4.79 Å². The molecule has 2 aromatic heterocycles. The van der Waals surface area contributed by atoms with Crippen molar-refractivity contribution in [3.63, 3.8) is 0 Å². The van der Waals surface area contributed by atoms with Crippen LogP contribution in [0.15, 0.2) is 79.8 Å². The lowest BCUT2D eigenvalue weighted by Crippen LogP contribution is -2.38. The summed E-state index contributed by atoms with van der Waals surface area (Å²) in [4.78, 5) is 39.3. The van der Waals surface area contributed by atoms with E-state index in [0.717, 1.165) is 25.0 Å². The third kappa shape index (κ3) is 4.98. The zero-order valence-corrected chi connectivity index (χ0v) is 19.8. The number of rotatable bonds is 7. The fourth-order valence-electron chi connectivity index (χ4n) is 4.49. The summed E-state index contributed by atoms with van der Waals surface area (Å²) in [6.45, 7) is 4.87. The van der Waals surface area contributed by atoms with Crippen LogP contribution in [0.1, 0.15) is 35.2 Å². The number of nitrogens with one attached hydrogen (secondary N) is 2. The Morgan fingerprint density at radius 1 is 1.06 bits per heavy atom. The summed E-state index contributed by atoms with van der Waals surface area (Å²) < 4.78 is 5.84. The SMILES string of the molecule is C=CC(=O)N1CCCCC(Nc2ncnc3[nH]cc(C(=O)c4ccc(Oc5ccccc5)cc4)c23)C1. The molecule has 1 aliphatic heterocycles. The van der Waals surface area contributed by atoms with Gasteiger partial charge in [0.25, 0.3) is 0 Å². The summed E-state index contributed by atoms with van der Waals surface area (Å²) in [7, 11) is 0. The van der Waals surface area contributed by atoms with Gasteiger partial charge in [-0.25, -0.2) is 9.97 Å². The second-order valence-corrected chi connectivity index (χ2v) is 8.74. The van der Waals surface area contributed by atoms with Crippen molar-refractivity contribution in [2.24, 2.45) is 0 Å². The average Bonchev–Trinajstić information content (AvgIpc) is 3.22. The Balaban J connectivity index is 1.38. The first-order valence-corrected chi connectivity index (χ1v) is 12.0. The van der Waals surface area contributed by atoms with E-state index in [1.165, 1.54) is 12.4 Å². The van der Waals surface area contributed by atoms with E-state index >= 15 is 0 Å². The molecule has 2 N–H and O–H groups in total. The van der Waals surface area contributed by atoms with Crippen molar-refractivity contribution in [2.45, 2.75) is 25.3 Å². The second-order valence-electron chi connectivity index (χ2n) is 8.74. The Morgan fingerprint density at radius 2 is 1.83 bits per heavy atom. The normalized spacial score (nSPS) is 15.8. The molecule has 0 bridgehead atoms. The van der Waals surface area contributed by atoms with E-state index in [0.29, 0.717) is 46.8 Å². The number of para-hydroxylation sites is 1. The number of carbonyl (C=O) groups is 2. The van der Waals surface area contributed by atoms with Gasteiger partial charge in [-0.15, -0.1) is 0 Å². The van der Waals surface area contributed by atoms with E-state index in [9.17, 15) is 9.59 Å². The highest BCUT2D eigenvalue weighted by Gasteiger charge is 2.24. The second kappa shape index (κ2) is 10.4. The van der Waals surface area contributed by atoms with Crippen molar-refractivity contribution in [3.8, 4) is 11.5 Å². The number of hydrogen-bond acceptors (Lipinski definition) is 6. The number of hydrogen-bond donors (Lipinski definition) is 2. The van der Waals surface area contributed by atoms with Gasteiger partial charge in [-0.2, -0.15) is 0 Å². The van der Waals surface area contributed by atoms with Gasteiger partial charge < -0.3 is 19.9 Å². The summed E-state index contributed by atoms with van der Waals surface area (Å²) in [6, 6.07) is 16.5. The van der Waals surface area contributed by atoms with Crippen molar-refractivity contribution in [1.82, 2.24) is 19.9 Å². The predicted molar refractivity (Wildman–Crippen MR) is 138 cm³/mol. The zero-order chi connectivity index (χ0) is 24.9. The molecule has 4 aromatic rings. The molecule has 0 aliphatic carbocycles. The van der Waals surface area contributed by atoms with Gasteiger partial charge in [0.15, 0.2) is 5.78 Å². The molecule has 0 saturated carbocycles. The number of H-pyrrole nitrogens is 1. The number of carbonyl (C=O) groups excluding carboxylic acids is 2. The van der Waals surface area contributed by atoms with E-state index in [4.69, 9.17) is 4.74 Å². The molecule has 1 unspecified atom stereocenters. The minimum Gasteiger partial charge on any atom is -0.457 e. The van der Waals surface area contributed by atoms with E-state index in [1.54, 1.807) is 35.4 Å². The Labute approximate surface area is 209 Å².